The Balaban J connectivity index is 2.08. The lowest BCUT2D eigenvalue weighted by Crippen LogP contribution is -2.43. The molecule has 0 spiro atoms. The van der Waals surface area contributed by atoms with Gasteiger partial charge in [-0.1, -0.05) is 26.0 Å². The minimum absolute atomic E-state index is 0.735. The van der Waals surface area contributed by atoms with Gasteiger partial charge in [0.05, 0.1) is 0 Å². The molecule has 0 atom stereocenters. The summed E-state index contributed by atoms with van der Waals surface area (Å²) in [6.45, 7) is 9.02. The van der Waals surface area contributed by atoms with Crippen molar-refractivity contribution in [3.63, 3.8) is 0 Å². The second-order valence-corrected chi connectivity index (χ2v) is 5.00. The molecule has 0 saturated carbocycles. The SMILES string of the molecule is CC(C)Cc1cccc(N2CCNCC2)c1. The molecule has 1 aromatic carbocycles. The van der Waals surface area contributed by atoms with Crippen molar-refractivity contribution in [3.8, 4) is 0 Å². The van der Waals surface area contributed by atoms with Crippen molar-refractivity contribution >= 4 is 5.69 Å². The molecule has 2 nitrogen and oxygen atoms in total. The summed E-state index contributed by atoms with van der Waals surface area (Å²) in [7, 11) is 0. The molecular formula is C14H22N2. The summed E-state index contributed by atoms with van der Waals surface area (Å²) in [5.41, 5.74) is 2.85. The number of hydrogen-bond acceptors (Lipinski definition) is 2. The lowest BCUT2D eigenvalue weighted by atomic mass is 10.0. The summed E-state index contributed by atoms with van der Waals surface area (Å²) in [5.74, 6) is 0.735. The van der Waals surface area contributed by atoms with Crippen LogP contribution in [-0.4, -0.2) is 26.2 Å². The Hall–Kier alpha value is -1.02. The lowest BCUT2D eigenvalue weighted by molar-refractivity contribution is 0.588. The highest BCUT2D eigenvalue weighted by Gasteiger charge is 2.10. The van der Waals surface area contributed by atoms with E-state index in [1.54, 1.807) is 0 Å². The smallest absolute Gasteiger partial charge is 0.0369 e. The van der Waals surface area contributed by atoms with E-state index in [4.69, 9.17) is 0 Å². The average Bonchev–Trinajstić information content (AvgIpc) is 2.30. The molecule has 0 bridgehead atoms. The highest BCUT2D eigenvalue weighted by Crippen LogP contribution is 2.18. The molecule has 0 aliphatic carbocycles. The Bertz CT molecular complexity index is 327. The zero-order valence-electron chi connectivity index (χ0n) is 10.4. The van der Waals surface area contributed by atoms with Crippen LogP contribution in [0.5, 0.6) is 0 Å². The standard InChI is InChI=1S/C14H22N2/c1-12(2)10-13-4-3-5-14(11-13)16-8-6-15-7-9-16/h3-5,11-12,15H,6-10H2,1-2H3. The molecule has 2 heteroatoms. The van der Waals surface area contributed by atoms with Gasteiger partial charge in [0, 0.05) is 31.9 Å². The lowest BCUT2D eigenvalue weighted by Gasteiger charge is -2.29. The van der Waals surface area contributed by atoms with Crippen molar-refractivity contribution in [1.82, 2.24) is 5.32 Å². The third kappa shape index (κ3) is 2.99. The van der Waals surface area contributed by atoms with Crippen molar-refractivity contribution in [2.75, 3.05) is 31.1 Å². The molecule has 0 amide bonds. The maximum Gasteiger partial charge on any atom is 0.0369 e. The number of piperazine rings is 1. The minimum atomic E-state index is 0.735. The largest absolute Gasteiger partial charge is 0.369 e. The van der Waals surface area contributed by atoms with Gasteiger partial charge < -0.3 is 10.2 Å². The molecule has 1 N–H and O–H groups in total. The summed E-state index contributed by atoms with van der Waals surface area (Å²) in [5, 5.41) is 3.39. The van der Waals surface area contributed by atoms with Gasteiger partial charge in [0.2, 0.25) is 0 Å². The first-order chi connectivity index (χ1) is 7.75. The van der Waals surface area contributed by atoms with E-state index in [9.17, 15) is 0 Å². The van der Waals surface area contributed by atoms with Crippen LogP contribution < -0.4 is 10.2 Å². The Morgan fingerprint density at radius 1 is 1.25 bits per heavy atom. The van der Waals surface area contributed by atoms with Gasteiger partial charge in [0.25, 0.3) is 0 Å². The zero-order valence-corrected chi connectivity index (χ0v) is 10.4. The maximum atomic E-state index is 3.39. The van der Waals surface area contributed by atoms with Crippen LogP contribution >= 0.6 is 0 Å². The summed E-state index contributed by atoms with van der Waals surface area (Å²) in [6, 6.07) is 9.02. The summed E-state index contributed by atoms with van der Waals surface area (Å²) < 4.78 is 0. The number of nitrogens with one attached hydrogen (secondary N) is 1. The third-order valence-corrected chi connectivity index (χ3v) is 3.04. The van der Waals surface area contributed by atoms with Crippen molar-refractivity contribution in [2.24, 2.45) is 5.92 Å². The van der Waals surface area contributed by atoms with Crippen LogP contribution in [0.25, 0.3) is 0 Å². The summed E-state index contributed by atoms with van der Waals surface area (Å²) in [4.78, 5) is 2.47. The number of nitrogens with zero attached hydrogens (tertiary/aromatic N) is 1. The van der Waals surface area contributed by atoms with E-state index < -0.39 is 0 Å². The van der Waals surface area contributed by atoms with E-state index >= 15 is 0 Å². The molecule has 1 heterocycles. The monoisotopic (exact) mass is 218 g/mol. The molecular weight excluding hydrogens is 196 g/mol. The molecule has 1 aromatic rings. The number of hydrogen-bond donors (Lipinski definition) is 1. The minimum Gasteiger partial charge on any atom is -0.369 e. The second kappa shape index (κ2) is 5.35. The van der Waals surface area contributed by atoms with Crippen molar-refractivity contribution in [1.29, 1.82) is 0 Å². The molecule has 1 aliphatic rings. The molecule has 1 fully saturated rings. The van der Waals surface area contributed by atoms with Crippen LogP contribution in [0.3, 0.4) is 0 Å². The summed E-state index contributed by atoms with van der Waals surface area (Å²) >= 11 is 0. The topological polar surface area (TPSA) is 15.3 Å². The van der Waals surface area contributed by atoms with Gasteiger partial charge in [-0.15, -0.1) is 0 Å². The Morgan fingerprint density at radius 3 is 2.69 bits per heavy atom. The maximum absolute atomic E-state index is 3.39. The highest BCUT2D eigenvalue weighted by atomic mass is 15.2. The Labute approximate surface area is 98.7 Å². The van der Waals surface area contributed by atoms with Crippen LogP contribution in [0, 0.1) is 5.92 Å². The molecule has 0 unspecified atom stereocenters. The Kier molecular flexibility index (Phi) is 3.83. The highest BCUT2D eigenvalue weighted by molar-refractivity contribution is 5.49. The number of rotatable bonds is 3. The normalized spacial score (nSPS) is 16.8. The molecule has 1 saturated heterocycles. The fraction of sp³-hybridized carbons (Fsp3) is 0.571. The average molecular weight is 218 g/mol. The first-order valence-electron chi connectivity index (χ1n) is 6.30. The number of anilines is 1. The molecule has 2 rings (SSSR count). The fourth-order valence-electron chi connectivity index (χ4n) is 2.27. The first-order valence-corrected chi connectivity index (χ1v) is 6.30. The van der Waals surface area contributed by atoms with Gasteiger partial charge in [-0.2, -0.15) is 0 Å². The fourth-order valence-corrected chi connectivity index (χ4v) is 2.27. The van der Waals surface area contributed by atoms with Crippen LogP contribution in [0.4, 0.5) is 5.69 Å². The van der Waals surface area contributed by atoms with E-state index in [0.29, 0.717) is 0 Å². The van der Waals surface area contributed by atoms with E-state index in [-0.39, 0.29) is 0 Å². The van der Waals surface area contributed by atoms with E-state index in [0.717, 1.165) is 32.1 Å². The van der Waals surface area contributed by atoms with Crippen LogP contribution in [0.15, 0.2) is 24.3 Å². The van der Waals surface area contributed by atoms with Crippen LogP contribution in [0.1, 0.15) is 19.4 Å². The van der Waals surface area contributed by atoms with Crippen LogP contribution in [0.2, 0.25) is 0 Å². The Morgan fingerprint density at radius 2 is 2.00 bits per heavy atom. The van der Waals surface area contributed by atoms with Crippen molar-refractivity contribution in [3.05, 3.63) is 29.8 Å². The molecule has 0 radical (unpaired) electrons. The molecule has 88 valence electrons. The van der Waals surface area contributed by atoms with Crippen LogP contribution in [-0.2, 0) is 6.42 Å². The van der Waals surface area contributed by atoms with Crippen molar-refractivity contribution < 1.29 is 0 Å². The molecule has 1 aliphatic heterocycles. The van der Waals surface area contributed by atoms with Gasteiger partial charge in [-0.3, -0.25) is 0 Å². The molecule has 0 aromatic heterocycles. The van der Waals surface area contributed by atoms with Crippen molar-refractivity contribution in [2.45, 2.75) is 20.3 Å². The van der Waals surface area contributed by atoms with Gasteiger partial charge in [0.1, 0.15) is 0 Å². The number of benzene rings is 1. The van der Waals surface area contributed by atoms with Gasteiger partial charge in [0.15, 0.2) is 0 Å². The van der Waals surface area contributed by atoms with E-state index in [2.05, 4.69) is 48.3 Å². The van der Waals surface area contributed by atoms with Gasteiger partial charge in [-0.05, 0) is 30.0 Å². The van der Waals surface area contributed by atoms with E-state index in [1.807, 2.05) is 0 Å². The summed E-state index contributed by atoms with van der Waals surface area (Å²) in [6.07, 6.45) is 1.18. The predicted molar refractivity (Wildman–Crippen MR) is 70.1 cm³/mol. The molecule has 16 heavy (non-hydrogen) atoms. The first kappa shape index (κ1) is 11.5. The zero-order chi connectivity index (χ0) is 11.4. The van der Waals surface area contributed by atoms with Gasteiger partial charge in [-0.25, -0.2) is 0 Å². The quantitative estimate of drug-likeness (QED) is 0.837. The third-order valence-electron chi connectivity index (χ3n) is 3.04. The van der Waals surface area contributed by atoms with E-state index in [1.165, 1.54) is 17.7 Å². The second-order valence-electron chi connectivity index (χ2n) is 5.00. The van der Waals surface area contributed by atoms with Gasteiger partial charge >= 0.3 is 0 Å². The predicted octanol–water partition coefficient (Wildman–Crippen LogP) is 2.29.